The summed E-state index contributed by atoms with van der Waals surface area (Å²) in [4.78, 5) is 16.9. The van der Waals surface area contributed by atoms with E-state index in [2.05, 4.69) is 15.4 Å². The molecule has 0 aromatic carbocycles. The van der Waals surface area contributed by atoms with Crippen LogP contribution in [0.4, 0.5) is 0 Å². The average molecular weight is 260 g/mol. The summed E-state index contributed by atoms with van der Waals surface area (Å²) < 4.78 is 1.58. The standard InChI is InChI=1S/C14H20N4O/c1-3-10-9(2)16-13-8-12(17-18(13)14(10)19)11-6-4-5-7-15-11/h8,11,15,17H,3-7H2,1-2H3. The van der Waals surface area contributed by atoms with Crippen LogP contribution in [0, 0.1) is 6.92 Å². The SMILES string of the molecule is CCc1c(C)nc2cc(C3CCCCN3)[nH]n2c1=O. The van der Waals surface area contributed by atoms with Crippen LogP contribution in [0.25, 0.3) is 5.65 Å². The second-order valence-corrected chi connectivity index (χ2v) is 5.24. The van der Waals surface area contributed by atoms with Crippen molar-refractivity contribution in [2.75, 3.05) is 6.54 Å². The fourth-order valence-electron chi connectivity index (χ4n) is 2.89. The Morgan fingerprint density at radius 3 is 3.00 bits per heavy atom. The molecule has 3 heterocycles. The Labute approximate surface area is 112 Å². The number of aromatic nitrogens is 3. The molecule has 1 aliphatic rings. The zero-order chi connectivity index (χ0) is 13.4. The number of nitrogens with zero attached hydrogens (tertiary/aromatic N) is 2. The molecule has 19 heavy (non-hydrogen) atoms. The lowest BCUT2D eigenvalue weighted by molar-refractivity contribution is 0.404. The zero-order valence-corrected chi connectivity index (χ0v) is 11.5. The van der Waals surface area contributed by atoms with Crippen molar-refractivity contribution in [2.45, 2.75) is 45.6 Å². The van der Waals surface area contributed by atoms with E-state index < -0.39 is 0 Å². The molecule has 2 aromatic rings. The lowest BCUT2D eigenvalue weighted by Crippen LogP contribution is -2.27. The van der Waals surface area contributed by atoms with Gasteiger partial charge in [0.2, 0.25) is 0 Å². The minimum atomic E-state index is 0.0343. The lowest BCUT2D eigenvalue weighted by atomic mass is 10.0. The normalized spacial score (nSPS) is 20.0. The number of fused-ring (bicyclic) bond motifs is 1. The van der Waals surface area contributed by atoms with Gasteiger partial charge in [-0.2, -0.15) is 0 Å². The Morgan fingerprint density at radius 2 is 2.32 bits per heavy atom. The molecule has 5 heteroatoms. The van der Waals surface area contributed by atoms with Crippen LogP contribution >= 0.6 is 0 Å². The van der Waals surface area contributed by atoms with Crippen molar-refractivity contribution in [3.05, 3.63) is 33.4 Å². The highest BCUT2D eigenvalue weighted by Gasteiger charge is 2.18. The molecule has 0 spiro atoms. The van der Waals surface area contributed by atoms with E-state index in [0.29, 0.717) is 6.04 Å². The minimum absolute atomic E-state index is 0.0343. The monoisotopic (exact) mass is 260 g/mol. The summed E-state index contributed by atoms with van der Waals surface area (Å²) in [6.45, 7) is 4.94. The smallest absolute Gasteiger partial charge is 0.276 e. The Kier molecular flexibility index (Phi) is 3.14. The van der Waals surface area contributed by atoms with Gasteiger partial charge in [0.15, 0.2) is 5.65 Å². The quantitative estimate of drug-likeness (QED) is 0.864. The predicted octanol–water partition coefficient (Wildman–Crippen LogP) is 1.71. The van der Waals surface area contributed by atoms with E-state index in [1.807, 2.05) is 19.9 Å². The van der Waals surface area contributed by atoms with Gasteiger partial charge in [-0.15, -0.1) is 0 Å². The number of aryl methyl sites for hydroxylation is 1. The summed E-state index contributed by atoms with van der Waals surface area (Å²) >= 11 is 0. The number of hydrogen-bond acceptors (Lipinski definition) is 3. The molecule has 3 rings (SSSR count). The van der Waals surface area contributed by atoms with Crippen molar-refractivity contribution in [3.63, 3.8) is 0 Å². The van der Waals surface area contributed by atoms with Gasteiger partial charge in [0.05, 0.1) is 5.69 Å². The van der Waals surface area contributed by atoms with E-state index in [1.165, 1.54) is 12.8 Å². The minimum Gasteiger partial charge on any atom is -0.309 e. The van der Waals surface area contributed by atoms with E-state index in [4.69, 9.17) is 0 Å². The maximum absolute atomic E-state index is 12.3. The van der Waals surface area contributed by atoms with E-state index >= 15 is 0 Å². The van der Waals surface area contributed by atoms with E-state index in [9.17, 15) is 4.79 Å². The Bertz CT molecular complexity index is 649. The fourth-order valence-corrected chi connectivity index (χ4v) is 2.89. The fraction of sp³-hybridized carbons (Fsp3) is 0.571. The topological polar surface area (TPSA) is 62.2 Å². The molecule has 102 valence electrons. The molecule has 1 unspecified atom stereocenters. The molecular formula is C14H20N4O. The van der Waals surface area contributed by atoms with E-state index in [0.717, 1.165) is 42.0 Å². The molecule has 1 fully saturated rings. The zero-order valence-electron chi connectivity index (χ0n) is 11.5. The van der Waals surface area contributed by atoms with Gasteiger partial charge >= 0.3 is 0 Å². The maximum atomic E-state index is 12.3. The first-order chi connectivity index (χ1) is 9.20. The molecule has 1 atom stereocenters. The number of H-pyrrole nitrogens is 1. The van der Waals surface area contributed by atoms with Crippen LogP contribution in [-0.4, -0.2) is 21.1 Å². The van der Waals surface area contributed by atoms with Crippen molar-refractivity contribution in [1.29, 1.82) is 0 Å². The van der Waals surface area contributed by atoms with Crippen LogP contribution in [0.5, 0.6) is 0 Å². The first kappa shape index (κ1) is 12.4. The largest absolute Gasteiger partial charge is 0.309 e. The molecule has 2 aromatic heterocycles. The predicted molar refractivity (Wildman–Crippen MR) is 74.5 cm³/mol. The third-order valence-corrected chi connectivity index (χ3v) is 3.97. The molecule has 0 saturated carbocycles. The number of aromatic amines is 1. The Balaban J connectivity index is 2.10. The summed E-state index contributed by atoms with van der Waals surface area (Å²) in [6, 6.07) is 2.32. The van der Waals surface area contributed by atoms with Gasteiger partial charge in [-0.25, -0.2) is 9.50 Å². The van der Waals surface area contributed by atoms with Crippen LogP contribution in [0.15, 0.2) is 10.9 Å². The molecule has 0 aliphatic carbocycles. The molecule has 5 nitrogen and oxygen atoms in total. The highest BCUT2D eigenvalue weighted by Crippen LogP contribution is 2.22. The Hall–Kier alpha value is -1.62. The summed E-state index contributed by atoms with van der Waals surface area (Å²) in [7, 11) is 0. The van der Waals surface area contributed by atoms with Crippen LogP contribution in [0.1, 0.15) is 49.2 Å². The number of nitrogens with one attached hydrogen (secondary N) is 2. The number of piperidine rings is 1. The van der Waals surface area contributed by atoms with E-state index in [1.54, 1.807) is 4.52 Å². The van der Waals surface area contributed by atoms with Gasteiger partial charge in [-0.05, 0) is 32.7 Å². The van der Waals surface area contributed by atoms with Crippen molar-refractivity contribution in [3.8, 4) is 0 Å². The van der Waals surface area contributed by atoms with Crippen LogP contribution < -0.4 is 10.9 Å². The van der Waals surface area contributed by atoms with Crippen LogP contribution in [0.2, 0.25) is 0 Å². The van der Waals surface area contributed by atoms with Gasteiger partial charge in [0.1, 0.15) is 0 Å². The first-order valence-corrected chi connectivity index (χ1v) is 7.05. The van der Waals surface area contributed by atoms with Gasteiger partial charge in [-0.1, -0.05) is 13.3 Å². The highest BCUT2D eigenvalue weighted by atomic mass is 16.1. The molecule has 0 radical (unpaired) electrons. The summed E-state index contributed by atoms with van der Waals surface area (Å²) in [5, 5.41) is 6.70. The van der Waals surface area contributed by atoms with Crippen molar-refractivity contribution in [2.24, 2.45) is 0 Å². The molecule has 0 bridgehead atoms. The second kappa shape index (κ2) is 4.81. The van der Waals surface area contributed by atoms with Gasteiger partial charge < -0.3 is 5.32 Å². The highest BCUT2D eigenvalue weighted by molar-refractivity contribution is 5.42. The molecular weight excluding hydrogens is 240 g/mol. The third kappa shape index (κ3) is 2.08. The van der Waals surface area contributed by atoms with Crippen molar-refractivity contribution >= 4 is 5.65 Å². The van der Waals surface area contributed by atoms with Gasteiger partial charge in [-0.3, -0.25) is 9.89 Å². The van der Waals surface area contributed by atoms with Gasteiger partial charge in [0.25, 0.3) is 5.56 Å². The van der Waals surface area contributed by atoms with Crippen LogP contribution in [-0.2, 0) is 6.42 Å². The Morgan fingerprint density at radius 1 is 1.47 bits per heavy atom. The molecule has 2 N–H and O–H groups in total. The average Bonchev–Trinajstić information content (AvgIpc) is 2.84. The van der Waals surface area contributed by atoms with Crippen LogP contribution in [0.3, 0.4) is 0 Å². The summed E-state index contributed by atoms with van der Waals surface area (Å²) in [5.74, 6) is 0. The third-order valence-electron chi connectivity index (χ3n) is 3.97. The van der Waals surface area contributed by atoms with Crippen molar-refractivity contribution in [1.82, 2.24) is 19.9 Å². The molecule has 1 saturated heterocycles. The van der Waals surface area contributed by atoms with Gasteiger partial charge in [0, 0.05) is 23.4 Å². The summed E-state index contributed by atoms with van der Waals surface area (Å²) in [6.07, 6.45) is 4.29. The second-order valence-electron chi connectivity index (χ2n) is 5.24. The summed E-state index contributed by atoms with van der Waals surface area (Å²) in [5.41, 5.74) is 3.46. The van der Waals surface area contributed by atoms with Crippen molar-refractivity contribution < 1.29 is 0 Å². The number of rotatable bonds is 2. The first-order valence-electron chi connectivity index (χ1n) is 7.05. The number of hydrogen-bond donors (Lipinski definition) is 2. The maximum Gasteiger partial charge on any atom is 0.276 e. The molecule has 0 amide bonds. The molecule has 1 aliphatic heterocycles. The van der Waals surface area contributed by atoms with E-state index in [-0.39, 0.29) is 5.56 Å². The lowest BCUT2D eigenvalue weighted by Gasteiger charge is -2.21.